The molecule has 1 saturated heterocycles. The zero-order valence-corrected chi connectivity index (χ0v) is 12.8. The van der Waals surface area contributed by atoms with E-state index < -0.39 is 33.2 Å². The van der Waals surface area contributed by atoms with Gasteiger partial charge in [-0.05, 0) is 43.4 Å². The summed E-state index contributed by atoms with van der Waals surface area (Å²) >= 11 is 0. The molecule has 1 aliphatic heterocycles. The Hall–Kier alpha value is -1.05. The highest BCUT2D eigenvalue weighted by molar-refractivity contribution is 7.89. The Morgan fingerprint density at radius 1 is 1.33 bits per heavy atom. The Balaban J connectivity index is 2.47. The summed E-state index contributed by atoms with van der Waals surface area (Å²) < 4.78 is 53.8. The number of hydrogen-bond donors (Lipinski definition) is 1. The van der Waals surface area contributed by atoms with E-state index in [9.17, 15) is 17.2 Å². The minimum absolute atomic E-state index is 0.0329. The maximum absolute atomic E-state index is 13.9. The number of aliphatic hydroxyl groups is 1. The van der Waals surface area contributed by atoms with Crippen molar-refractivity contribution in [2.24, 2.45) is 5.92 Å². The molecule has 1 aromatic rings. The predicted octanol–water partition coefficient (Wildman–Crippen LogP) is 2.27. The number of nitrogens with zero attached hydrogens (tertiary/aromatic N) is 1. The number of halogens is 2. The van der Waals surface area contributed by atoms with Crippen molar-refractivity contribution in [2.45, 2.75) is 44.2 Å². The SMILES string of the molecule is CC1CCN(S(=O)(=O)c2cc(CO)cc(F)c2F)C(C)C1. The van der Waals surface area contributed by atoms with E-state index >= 15 is 0 Å². The Labute approximate surface area is 123 Å². The fraction of sp³-hybridized carbons (Fsp3) is 0.571. The Morgan fingerprint density at radius 3 is 2.57 bits per heavy atom. The van der Waals surface area contributed by atoms with Gasteiger partial charge in [0.15, 0.2) is 11.6 Å². The summed E-state index contributed by atoms with van der Waals surface area (Å²) in [5.41, 5.74) is 0.0329. The van der Waals surface area contributed by atoms with Crippen molar-refractivity contribution in [1.82, 2.24) is 4.31 Å². The van der Waals surface area contributed by atoms with Crippen LogP contribution in [0.5, 0.6) is 0 Å². The fourth-order valence-corrected chi connectivity index (χ4v) is 4.55. The molecule has 0 saturated carbocycles. The second-order valence-electron chi connectivity index (χ2n) is 5.64. The van der Waals surface area contributed by atoms with Gasteiger partial charge in [-0.1, -0.05) is 6.92 Å². The van der Waals surface area contributed by atoms with Gasteiger partial charge in [0, 0.05) is 12.6 Å². The minimum Gasteiger partial charge on any atom is -0.392 e. The van der Waals surface area contributed by atoms with E-state index in [0.29, 0.717) is 18.8 Å². The lowest BCUT2D eigenvalue weighted by Gasteiger charge is -2.35. The third kappa shape index (κ3) is 3.09. The molecule has 1 aromatic carbocycles. The van der Waals surface area contributed by atoms with E-state index in [4.69, 9.17) is 5.11 Å². The van der Waals surface area contributed by atoms with Gasteiger partial charge in [-0.15, -0.1) is 0 Å². The highest BCUT2D eigenvalue weighted by Crippen LogP contribution is 2.30. The number of hydrogen-bond acceptors (Lipinski definition) is 3. The van der Waals surface area contributed by atoms with Gasteiger partial charge in [0.25, 0.3) is 0 Å². The van der Waals surface area contributed by atoms with E-state index in [0.717, 1.165) is 12.1 Å². The first kappa shape index (κ1) is 16.3. The van der Waals surface area contributed by atoms with Gasteiger partial charge in [0.2, 0.25) is 10.0 Å². The molecule has 2 rings (SSSR count). The average Bonchev–Trinajstić information content (AvgIpc) is 2.40. The molecule has 1 fully saturated rings. The number of aliphatic hydroxyl groups excluding tert-OH is 1. The van der Waals surface area contributed by atoms with Gasteiger partial charge in [-0.3, -0.25) is 0 Å². The van der Waals surface area contributed by atoms with Crippen LogP contribution in [-0.2, 0) is 16.6 Å². The lowest BCUT2D eigenvalue weighted by Crippen LogP contribution is -2.44. The van der Waals surface area contributed by atoms with Gasteiger partial charge in [0.1, 0.15) is 4.90 Å². The lowest BCUT2D eigenvalue weighted by molar-refractivity contribution is 0.219. The number of sulfonamides is 1. The molecule has 118 valence electrons. The van der Waals surface area contributed by atoms with Crippen LogP contribution in [-0.4, -0.2) is 30.4 Å². The second-order valence-corrected chi connectivity index (χ2v) is 7.50. The topological polar surface area (TPSA) is 57.6 Å². The van der Waals surface area contributed by atoms with Crippen LogP contribution in [0.3, 0.4) is 0 Å². The maximum atomic E-state index is 13.9. The van der Waals surface area contributed by atoms with Gasteiger partial charge in [0.05, 0.1) is 6.61 Å². The highest BCUT2D eigenvalue weighted by atomic mass is 32.2. The van der Waals surface area contributed by atoms with E-state index in [-0.39, 0.29) is 18.2 Å². The first-order valence-electron chi connectivity index (χ1n) is 6.88. The molecular weight excluding hydrogens is 300 g/mol. The molecule has 4 nitrogen and oxygen atoms in total. The standard InChI is InChI=1S/C14H19F2NO3S/c1-9-3-4-17(10(2)5-9)21(19,20)13-7-11(8-18)6-12(15)14(13)16/h6-7,9-10,18H,3-5,8H2,1-2H3. The number of benzene rings is 1. The van der Waals surface area contributed by atoms with E-state index in [1.807, 2.05) is 6.92 Å². The summed E-state index contributed by atoms with van der Waals surface area (Å²) in [7, 11) is -4.11. The third-order valence-corrected chi connectivity index (χ3v) is 5.91. The average molecular weight is 319 g/mol. The van der Waals surface area contributed by atoms with Gasteiger partial charge >= 0.3 is 0 Å². The molecule has 0 spiro atoms. The van der Waals surface area contributed by atoms with Crippen molar-refractivity contribution in [3.63, 3.8) is 0 Å². The molecule has 21 heavy (non-hydrogen) atoms. The smallest absolute Gasteiger partial charge is 0.246 e. The largest absolute Gasteiger partial charge is 0.392 e. The third-order valence-electron chi connectivity index (χ3n) is 3.90. The molecule has 1 aliphatic rings. The molecule has 2 atom stereocenters. The van der Waals surface area contributed by atoms with Crippen LogP contribution in [0.4, 0.5) is 8.78 Å². The van der Waals surface area contributed by atoms with Crippen molar-refractivity contribution >= 4 is 10.0 Å². The number of rotatable bonds is 3. The molecule has 2 unspecified atom stereocenters. The van der Waals surface area contributed by atoms with Crippen molar-refractivity contribution in [3.8, 4) is 0 Å². The van der Waals surface area contributed by atoms with Crippen LogP contribution < -0.4 is 0 Å². The molecule has 7 heteroatoms. The molecule has 0 aromatic heterocycles. The monoisotopic (exact) mass is 319 g/mol. The molecule has 1 N–H and O–H groups in total. The minimum atomic E-state index is -4.11. The summed E-state index contributed by atoms with van der Waals surface area (Å²) in [6.07, 6.45) is 1.37. The van der Waals surface area contributed by atoms with Crippen LogP contribution in [0.15, 0.2) is 17.0 Å². The first-order chi connectivity index (χ1) is 9.77. The summed E-state index contributed by atoms with van der Waals surface area (Å²) in [6, 6.07) is 1.54. The van der Waals surface area contributed by atoms with Gasteiger partial charge < -0.3 is 5.11 Å². The van der Waals surface area contributed by atoms with Crippen LogP contribution in [0.1, 0.15) is 32.3 Å². The lowest BCUT2D eigenvalue weighted by atomic mass is 9.95. The quantitative estimate of drug-likeness (QED) is 0.930. The predicted molar refractivity (Wildman–Crippen MR) is 74.0 cm³/mol. The van der Waals surface area contributed by atoms with E-state index in [2.05, 4.69) is 0 Å². The first-order valence-corrected chi connectivity index (χ1v) is 8.32. The Bertz CT molecular complexity index is 633. The molecule has 0 amide bonds. The van der Waals surface area contributed by atoms with Crippen LogP contribution in [0.25, 0.3) is 0 Å². The molecular formula is C14H19F2NO3S. The summed E-state index contributed by atoms with van der Waals surface area (Å²) in [6.45, 7) is 3.53. The maximum Gasteiger partial charge on any atom is 0.246 e. The number of piperidine rings is 1. The van der Waals surface area contributed by atoms with Crippen molar-refractivity contribution in [1.29, 1.82) is 0 Å². The normalized spacial score (nSPS) is 24.2. The van der Waals surface area contributed by atoms with Crippen LogP contribution in [0.2, 0.25) is 0 Å². The van der Waals surface area contributed by atoms with Crippen molar-refractivity contribution in [2.75, 3.05) is 6.54 Å². The van der Waals surface area contributed by atoms with Crippen LogP contribution >= 0.6 is 0 Å². The Morgan fingerprint density at radius 2 is 2.00 bits per heavy atom. The highest BCUT2D eigenvalue weighted by Gasteiger charge is 2.35. The molecule has 0 aliphatic carbocycles. The van der Waals surface area contributed by atoms with E-state index in [1.165, 1.54) is 4.31 Å². The second kappa shape index (κ2) is 5.98. The Kier molecular flexibility index (Phi) is 4.65. The molecule has 1 heterocycles. The van der Waals surface area contributed by atoms with Crippen molar-refractivity contribution < 1.29 is 22.3 Å². The van der Waals surface area contributed by atoms with Crippen LogP contribution in [0, 0.1) is 17.6 Å². The summed E-state index contributed by atoms with van der Waals surface area (Å²) in [5, 5.41) is 9.04. The molecule has 0 radical (unpaired) electrons. The van der Waals surface area contributed by atoms with Crippen molar-refractivity contribution in [3.05, 3.63) is 29.3 Å². The molecule has 0 bridgehead atoms. The van der Waals surface area contributed by atoms with Gasteiger partial charge in [-0.2, -0.15) is 4.31 Å². The summed E-state index contributed by atoms with van der Waals surface area (Å²) in [5.74, 6) is -2.26. The zero-order chi connectivity index (χ0) is 15.8. The summed E-state index contributed by atoms with van der Waals surface area (Å²) in [4.78, 5) is -0.701. The van der Waals surface area contributed by atoms with Gasteiger partial charge in [-0.25, -0.2) is 17.2 Å². The fourth-order valence-electron chi connectivity index (χ4n) is 2.77. The zero-order valence-electron chi connectivity index (χ0n) is 12.0. The van der Waals surface area contributed by atoms with E-state index in [1.54, 1.807) is 6.92 Å².